The number of hydrogen-bond donors (Lipinski definition) is 0. The SMILES string of the molecule is O=C(COc1ccccc1F)N1CCCN(C(=O)c2ccccn2)CC1. The Morgan fingerprint density at radius 2 is 1.73 bits per heavy atom. The molecule has 0 atom stereocenters. The normalized spacial score (nSPS) is 14.7. The maximum Gasteiger partial charge on any atom is 0.272 e. The molecular weight excluding hydrogens is 337 g/mol. The van der Waals surface area contributed by atoms with Crippen LogP contribution in [0.4, 0.5) is 4.39 Å². The van der Waals surface area contributed by atoms with Crippen molar-refractivity contribution in [3.05, 3.63) is 60.2 Å². The molecule has 1 aromatic carbocycles. The molecule has 1 aliphatic heterocycles. The van der Waals surface area contributed by atoms with Gasteiger partial charge in [0.15, 0.2) is 18.2 Å². The molecular formula is C19H20FN3O3. The number of hydrogen-bond acceptors (Lipinski definition) is 4. The molecule has 0 bridgehead atoms. The third-order valence-electron chi connectivity index (χ3n) is 4.21. The maximum absolute atomic E-state index is 13.5. The highest BCUT2D eigenvalue weighted by molar-refractivity contribution is 5.92. The molecule has 136 valence electrons. The van der Waals surface area contributed by atoms with Crippen LogP contribution in [-0.4, -0.2) is 59.4 Å². The zero-order valence-corrected chi connectivity index (χ0v) is 14.3. The lowest BCUT2D eigenvalue weighted by Gasteiger charge is -2.22. The molecule has 0 N–H and O–H groups in total. The number of halogens is 1. The van der Waals surface area contributed by atoms with Crippen molar-refractivity contribution >= 4 is 11.8 Å². The van der Waals surface area contributed by atoms with Gasteiger partial charge in [0.2, 0.25) is 0 Å². The van der Waals surface area contributed by atoms with E-state index in [1.165, 1.54) is 12.1 Å². The van der Waals surface area contributed by atoms with Crippen LogP contribution in [0.1, 0.15) is 16.9 Å². The Kier molecular flexibility index (Phi) is 5.78. The molecule has 2 amide bonds. The number of carbonyl (C=O) groups is 2. The lowest BCUT2D eigenvalue weighted by molar-refractivity contribution is -0.133. The molecule has 6 nitrogen and oxygen atoms in total. The smallest absolute Gasteiger partial charge is 0.272 e. The summed E-state index contributed by atoms with van der Waals surface area (Å²) in [6.07, 6.45) is 2.25. The summed E-state index contributed by atoms with van der Waals surface area (Å²) < 4.78 is 18.8. The second-order valence-electron chi connectivity index (χ2n) is 5.96. The molecule has 3 rings (SSSR count). The molecule has 1 fully saturated rings. The second kappa shape index (κ2) is 8.42. The standard InChI is InChI=1S/C19H20FN3O3/c20-15-6-1-2-8-17(15)26-14-18(24)22-10-5-11-23(13-12-22)19(25)16-7-3-4-9-21-16/h1-4,6-9H,5,10-14H2. The zero-order valence-electron chi connectivity index (χ0n) is 14.3. The molecule has 0 radical (unpaired) electrons. The van der Waals surface area contributed by atoms with Gasteiger partial charge in [0, 0.05) is 32.4 Å². The average Bonchev–Trinajstić information content (AvgIpc) is 2.93. The third-order valence-corrected chi connectivity index (χ3v) is 4.21. The van der Waals surface area contributed by atoms with Gasteiger partial charge in [0.1, 0.15) is 5.69 Å². The number of benzene rings is 1. The van der Waals surface area contributed by atoms with E-state index in [4.69, 9.17) is 4.74 Å². The molecule has 0 spiro atoms. The molecule has 0 unspecified atom stereocenters. The molecule has 0 aliphatic carbocycles. The van der Waals surface area contributed by atoms with Crippen molar-refractivity contribution in [1.29, 1.82) is 0 Å². The second-order valence-corrected chi connectivity index (χ2v) is 5.96. The largest absolute Gasteiger partial charge is 0.481 e. The van der Waals surface area contributed by atoms with Gasteiger partial charge < -0.3 is 14.5 Å². The number of para-hydroxylation sites is 1. The third kappa shape index (κ3) is 4.36. The van der Waals surface area contributed by atoms with Gasteiger partial charge in [-0.2, -0.15) is 0 Å². The Labute approximate surface area is 151 Å². The first kappa shape index (κ1) is 17.8. The van der Waals surface area contributed by atoms with Gasteiger partial charge in [0.25, 0.3) is 11.8 Å². The van der Waals surface area contributed by atoms with E-state index in [9.17, 15) is 14.0 Å². The topological polar surface area (TPSA) is 62.7 Å². The highest BCUT2D eigenvalue weighted by Gasteiger charge is 2.23. The first-order chi connectivity index (χ1) is 12.6. The van der Waals surface area contributed by atoms with Gasteiger partial charge in [0.05, 0.1) is 0 Å². The van der Waals surface area contributed by atoms with Crippen LogP contribution in [0.15, 0.2) is 48.7 Å². The Morgan fingerprint density at radius 1 is 1.00 bits per heavy atom. The number of aromatic nitrogens is 1. The van der Waals surface area contributed by atoms with Gasteiger partial charge >= 0.3 is 0 Å². The Morgan fingerprint density at radius 3 is 2.50 bits per heavy atom. The minimum Gasteiger partial charge on any atom is -0.481 e. The van der Waals surface area contributed by atoms with E-state index in [0.29, 0.717) is 38.3 Å². The summed E-state index contributed by atoms with van der Waals surface area (Å²) in [5, 5.41) is 0. The van der Waals surface area contributed by atoms with Gasteiger partial charge in [-0.3, -0.25) is 14.6 Å². The molecule has 26 heavy (non-hydrogen) atoms. The minimum absolute atomic E-state index is 0.0580. The van der Waals surface area contributed by atoms with Crippen molar-refractivity contribution < 1.29 is 18.7 Å². The molecule has 0 saturated carbocycles. The molecule has 1 aromatic heterocycles. The predicted molar refractivity (Wildman–Crippen MR) is 93.2 cm³/mol. The Hall–Kier alpha value is -2.96. The highest BCUT2D eigenvalue weighted by atomic mass is 19.1. The van der Waals surface area contributed by atoms with E-state index in [-0.39, 0.29) is 24.2 Å². The van der Waals surface area contributed by atoms with Crippen LogP contribution in [0.5, 0.6) is 5.75 Å². The first-order valence-corrected chi connectivity index (χ1v) is 8.50. The van der Waals surface area contributed by atoms with Crippen LogP contribution in [0, 0.1) is 5.82 Å². The van der Waals surface area contributed by atoms with Crippen molar-refractivity contribution in [3.8, 4) is 5.75 Å². The Bertz CT molecular complexity index is 770. The van der Waals surface area contributed by atoms with Crippen LogP contribution >= 0.6 is 0 Å². The van der Waals surface area contributed by atoms with Crippen molar-refractivity contribution in [2.24, 2.45) is 0 Å². The first-order valence-electron chi connectivity index (χ1n) is 8.50. The average molecular weight is 357 g/mol. The fraction of sp³-hybridized carbons (Fsp3) is 0.316. The molecule has 1 saturated heterocycles. The van der Waals surface area contributed by atoms with Gasteiger partial charge in [-0.15, -0.1) is 0 Å². The quantitative estimate of drug-likeness (QED) is 0.839. The van der Waals surface area contributed by atoms with Gasteiger partial charge in [-0.05, 0) is 30.7 Å². The van der Waals surface area contributed by atoms with Gasteiger partial charge in [-0.1, -0.05) is 18.2 Å². The van der Waals surface area contributed by atoms with E-state index in [2.05, 4.69) is 4.98 Å². The van der Waals surface area contributed by atoms with Crippen LogP contribution in [-0.2, 0) is 4.79 Å². The molecule has 2 aromatic rings. The van der Waals surface area contributed by atoms with Crippen molar-refractivity contribution in [2.75, 3.05) is 32.8 Å². The van der Waals surface area contributed by atoms with E-state index < -0.39 is 5.82 Å². The molecule has 7 heteroatoms. The minimum atomic E-state index is -0.497. The van der Waals surface area contributed by atoms with Crippen molar-refractivity contribution in [1.82, 2.24) is 14.8 Å². The van der Waals surface area contributed by atoms with Crippen LogP contribution in [0.3, 0.4) is 0 Å². The number of nitrogens with zero attached hydrogens (tertiary/aromatic N) is 3. The van der Waals surface area contributed by atoms with Gasteiger partial charge in [-0.25, -0.2) is 4.39 Å². The number of carbonyl (C=O) groups excluding carboxylic acids is 2. The fourth-order valence-electron chi connectivity index (χ4n) is 2.81. The fourth-order valence-corrected chi connectivity index (χ4v) is 2.81. The van der Waals surface area contributed by atoms with Crippen molar-refractivity contribution in [3.63, 3.8) is 0 Å². The van der Waals surface area contributed by atoms with E-state index in [0.717, 1.165) is 0 Å². The zero-order chi connectivity index (χ0) is 18.4. The number of ether oxygens (including phenoxy) is 1. The van der Waals surface area contributed by atoms with E-state index in [1.807, 2.05) is 0 Å². The summed E-state index contributed by atoms with van der Waals surface area (Å²) in [4.78, 5) is 32.2. The predicted octanol–water partition coefficient (Wildman–Crippen LogP) is 1.97. The van der Waals surface area contributed by atoms with Crippen LogP contribution in [0.2, 0.25) is 0 Å². The lowest BCUT2D eigenvalue weighted by Crippen LogP contribution is -2.39. The monoisotopic (exact) mass is 357 g/mol. The number of rotatable bonds is 4. The highest BCUT2D eigenvalue weighted by Crippen LogP contribution is 2.15. The van der Waals surface area contributed by atoms with Crippen LogP contribution in [0.25, 0.3) is 0 Å². The van der Waals surface area contributed by atoms with Crippen molar-refractivity contribution in [2.45, 2.75) is 6.42 Å². The summed E-state index contributed by atoms with van der Waals surface area (Å²) in [6, 6.07) is 11.2. The number of pyridine rings is 1. The van der Waals surface area contributed by atoms with E-state index >= 15 is 0 Å². The molecule has 1 aliphatic rings. The summed E-state index contributed by atoms with van der Waals surface area (Å²) in [6.45, 7) is 1.72. The number of amides is 2. The van der Waals surface area contributed by atoms with Crippen LogP contribution < -0.4 is 4.74 Å². The summed E-state index contributed by atoms with van der Waals surface area (Å²) in [7, 11) is 0. The summed E-state index contributed by atoms with van der Waals surface area (Å²) in [5.41, 5.74) is 0.398. The lowest BCUT2D eigenvalue weighted by atomic mass is 10.3. The Balaban J connectivity index is 1.54. The molecule has 2 heterocycles. The summed E-state index contributed by atoms with van der Waals surface area (Å²) in [5.74, 6) is -0.797. The van der Waals surface area contributed by atoms with E-state index in [1.54, 1.807) is 46.3 Å². The summed E-state index contributed by atoms with van der Waals surface area (Å²) >= 11 is 0. The maximum atomic E-state index is 13.5.